The molecule has 1 aromatic heterocycles. The minimum atomic E-state index is -3.04. The molecule has 0 aromatic carbocycles. The highest BCUT2D eigenvalue weighted by Gasteiger charge is 2.24. The summed E-state index contributed by atoms with van der Waals surface area (Å²) in [6, 6.07) is 4.20. The minimum Gasteiger partial charge on any atom is -0.356 e. The highest BCUT2D eigenvalue weighted by Crippen LogP contribution is 2.18. The number of aliphatic imine (C=N–C) groups is 1. The fourth-order valence-electron chi connectivity index (χ4n) is 2.67. The SMILES string of the molecule is CN=C(NCCc1cccs1)NCC1CCN(S(C)(=O)=O)CC1. The molecule has 0 atom stereocenters. The zero-order valence-electron chi connectivity index (χ0n) is 13.8. The molecule has 1 aliphatic heterocycles. The van der Waals surface area contributed by atoms with Crippen LogP contribution in [0.25, 0.3) is 0 Å². The molecular weight excluding hydrogens is 332 g/mol. The van der Waals surface area contributed by atoms with Crippen molar-refractivity contribution < 1.29 is 8.42 Å². The Morgan fingerprint density at radius 3 is 2.70 bits per heavy atom. The van der Waals surface area contributed by atoms with Crippen LogP contribution in [0.2, 0.25) is 0 Å². The van der Waals surface area contributed by atoms with Gasteiger partial charge in [-0.05, 0) is 36.6 Å². The average Bonchev–Trinajstić information content (AvgIpc) is 3.03. The molecule has 8 heteroatoms. The van der Waals surface area contributed by atoms with E-state index in [0.29, 0.717) is 19.0 Å². The Morgan fingerprint density at radius 1 is 1.39 bits per heavy atom. The molecule has 1 fully saturated rings. The zero-order valence-corrected chi connectivity index (χ0v) is 15.4. The first-order valence-corrected chi connectivity index (χ1v) is 10.6. The zero-order chi connectivity index (χ0) is 16.7. The van der Waals surface area contributed by atoms with E-state index in [1.165, 1.54) is 11.1 Å². The molecule has 0 bridgehead atoms. The number of thiophene rings is 1. The summed E-state index contributed by atoms with van der Waals surface area (Å²) in [7, 11) is -1.27. The number of rotatable bonds is 6. The first-order valence-electron chi connectivity index (χ1n) is 7.91. The lowest BCUT2D eigenvalue weighted by molar-refractivity contribution is 0.275. The van der Waals surface area contributed by atoms with Gasteiger partial charge in [0.15, 0.2) is 5.96 Å². The molecule has 130 valence electrons. The van der Waals surface area contributed by atoms with Crippen LogP contribution < -0.4 is 10.6 Å². The minimum absolute atomic E-state index is 0.490. The molecular formula is C15H26N4O2S2. The summed E-state index contributed by atoms with van der Waals surface area (Å²) in [4.78, 5) is 5.60. The normalized spacial score (nSPS) is 18.1. The molecule has 2 heterocycles. The molecule has 1 aliphatic rings. The Hall–Kier alpha value is -1.12. The molecule has 1 saturated heterocycles. The van der Waals surface area contributed by atoms with E-state index < -0.39 is 10.0 Å². The van der Waals surface area contributed by atoms with Crippen LogP contribution >= 0.6 is 11.3 Å². The van der Waals surface area contributed by atoms with E-state index in [-0.39, 0.29) is 0 Å². The standard InChI is InChI=1S/C15H26N4O2S2/c1-16-15(17-8-5-14-4-3-11-22-14)18-12-13-6-9-19(10-7-13)23(2,20)21/h3-4,11,13H,5-10,12H2,1-2H3,(H2,16,17,18). The summed E-state index contributed by atoms with van der Waals surface area (Å²) >= 11 is 1.77. The van der Waals surface area contributed by atoms with E-state index in [4.69, 9.17) is 0 Å². The van der Waals surface area contributed by atoms with Crippen LogP contribution in [0.15, 0.2) is 22.5 Å². The lowest BCUT2D eigenvalue weighted by Crippen LogP contribution is -2.44. The topological polar surface area (TPSA) is 73.8 Å². The Labute approximate surface area is 143 Å². The molecule has 0 saturated carbocycles. The number of hydrogen-bond donors (Lipinski definition) is 2. The molecule has 2 N–H and O–H groups in total. The van der Waals surface area contributed by atoms with Gasteiger partial charge in [0.1, 0.15) is 0 Å². The Balaban J connectivity index is 1.66. The van der Waals surface area contributed by atoms with Crippen LogP contribution in [0, 0.1) is 5.92 Å². The van der Waals surface area contributed by atoms with E-state index in [2.05, 4.69) is 33.1 Å². The summed E-state index contributed by atoms with van der Waals surface area (Å²) in [6.45, 7) is 2.92. The Kier molecular flexibility index (Phi) is 6.86. The lowest BCUT2D eigenvalue weighted by Gasteiger charge is -2.30. The molecule has 0 amide bonds. The van der Waals surface area contributed by atoms with Crippen molar-refractivity contribution in [1.29, 1.82) is 0 Å². The maximum atomic E-state index is 11.5. The third kappa shape index (κ3) is 6.12. The van der Waals surface area contributed by atoms with Gasteiger partial charge in [0.2, 0.25) is 10.0 Å². The van der Waals surface area contributed by atoms with E-state index in [9.17, 15) is 8.42 Å². The van der Waals surface area contributed by atoms with Gasteiger partial charge < -0.3 is 10.6 Å². The maximum Gasteiger partial charge on any atom is 0.211 e. The smallest absolute Gasteiger partial charge is 0.211 e. The van der Waals surface area contributed by atoms with Crippen molar-refractivity contribution in [3.8, 4) is 0 Å². The average molecular weight is 359 g/mol. The molecule has 23 heavy (non-hydrogen) atoms. The van der Waals surface area contributed by atoms with Gasteiger partial charge in [-0.25, -0.2) is 12.7 Å². The van der Waals surface area contributed by atoms with Gasteiger partial charge in [0, 0.05) is 38.1 Å². The first kappa shape index (κ1) is 18.2. The van der Waals surface area contributed by atoms with E-state index in [0.717, 1.165) is 38.3 Å². The number of piperidine rings is 1. The highest BCUT2D eigenvalue weighted by atomic mass is 32.2. The Morgan fingerprint density at radius 2 is 2.13 bits per heavy atom. The fraction of sp³-hybridized carbons (Fsp3) is 0.667. The summed E-state index contributed by atoms with van der Waals surface area (Å²) < 4.78 is 24.6. The number of nitrogens with zero attached hydrogens (tertiary/aromatic N) is 2. The van der Waals surface area contributed by atoms with Gasteiger partial charge in [0.05, 0.1) is 6.26 Å². The van der Waals surface area contributed by atoms with Crippen LogP contribution in [0.1, 0.15) is 17.7 Å². The third-order valence-corrected chi connectivity index (χ3v) is 6.31. The largest absolute Gasteiger partial charge is 0.356 e. The first-order chi connectivity index (χ1) is 11.0. The molecule has 0 radical (unpaired) electrons. The predicted octanol–water partition coefficient (Wildman–Crippen LogP) is 1.13. The summed E-state index contributed by atoms with van der Waals surface area (Å²) in [5.74, 6) is 1.30. The number of guanidine groups is 1. The quantitative estimate of drug-likeness (QED) is 0.590. The molecule has 0 unspecified atom stereocenters. The molecule has 2 rings (SSSR count). The second-order valence-corrected chi connectivity index (χ2v) is 8.83. The third-order valence-electron chi connectivity index (χ3n) is 4.07. The molecule has 1 aromatic rings. The highest BCUT2D eigenvalue weighted by molar-refractivity contribution is 7.88. The summed E-state index contributed by atoms with van der Waals surface area (Å²) in [6.07, 6.45) is 4.06. The van der Waals surface area contributed by atoms with Crippen molar-refractivity contribution >= 4 is 27.3 Å². The van der Waals surface area contributed by atoms with Crippen LogP contribution in [-0.4, -0.2) is 58.2 Å². The number of nitrogens with one attached hydrogen (secondary N) is 2. The van der Waals surface area contributed by atoms with Gasteiger partial charge in [0.25, 0.3) is 0 Å². The van der Waals surface area contributed by atoms with Crippen molar-refractivity contribution in [2.45, 2.75) is 19.3 Å². The van der Waals surface area contributed by atoms with Crippen molar-refractivity contribution in [2.75, 3.05) is 39.5 Å². The van der Waals surface area contributed by atoms with E-state index >= 15 is 0 Å². The number of sulfonamides is 1. The summed E-state index contributed by atoms with van der Waals surface area (Å²) in [5, 5.41) is 8.76. The van der Waals surface area contributed by atoms with Gasteiger partial charge in [-0.1, -0.05) is 6.07 Å². The second-order valence-electron chi connectivity index (χ2n) is 5.81. The fourth-order valence-corrected chi connectivity index (χ4v) is 4.25. The monoisotopic (exact) mass is 358 g/mol. The predicted molar refractivity (Wildman–Crippen MR) is 96.5 cm³/mol. The van der Waals surface area contributed by atoms with Gasteiger partial charge in [-0.15, -0.1) is 11.3 Å². The van der Waals surface area contributed by atoms with Crippen molar-refractivity contribution in [2.24, 2.45) is 10.9 Å². The Bertz CT molecular complexity index is 591. The van der Waals surface area contributed by atoms with Crippen molar-refractivity contribution in [3.63, 3.8) is 0 Å². The van der Waals surface area contributed by atoms with Crippen LogP contribution in [0.4, 0.5) is 0 Å². The maximum absolute atomic E-state index is 11.5. The molecule has 6 nitrogen and oxygen atoms in total. The van der Waals surface area contributed by atoms with Gasteiger partial charge in [-0.3, -0.25) is 4.99 Å². The summed E-state index contributed by atoms with van der Waals surface area (Å²) in [5.41, 5.74) is 0. The molecule has 0 aliphatic carbocycles. The van der Waals surface area contributed by atoms with Crippen LogP contribution in [0.5, 0.6) is 0 Å². The van der Waals surface area contributed by atoms with E-state index in [1.54, 1.807) is 22.7 Å². The second kappa shape index (κ2) is 8.65. The lowest BCUT2D eigenvalue weighted by atomic mass is 9.98. The molecule has 0 spiro atoms. The van der Waals surface area contributed by atoms with Crippen molar-refractivity contribution in [1.82, 2.24) is 14.9 Å². The van der Waals surface area contributed by atoms with Gasteiger partial charge in [-0.2, -0.15) is 0 Å². The van der Waals surface area contributed by atoms with E-state index in [1.807, 2.05) is 0 Å². The van der Waals surface area contributed by atoms with Crippen LogP contribution in [0.3, 0.4) is 0 Å². The van der Waals surface area contributed by atoms with Gasteiger partial charge >= 0.3 is 0 Å². The number of hydrogen-bond acceptors (Lipinski definition) is 4. The van der Waals surface area contributed by atoms with Crippen LogP contribution in [-0.2, 0) is 16.4 Å². The van der Waals surface area contributed by atoms with Crippen molar-refractivity contribution in [3.05, 3.63) is 22.4 Å².